The summed E-state index contributed by atoms with van der Waals surface area (Å²) in [7, 11) is 0. The van der Waals surface area contributed by atoms with Crippen LogP contribution in [0.4, 0.5) is 0 Å². The number of carboxylic acid groups (broad SMARTS) is 1. The van der Waals surface area contributed by atoms with Crippen LogP contribution < -0.4 is 0 Å². The van der Waals surface area contributed by atoms with E-state index in [0.717, 1.165) is 44.8 Å². The van der Waals surface area contributed by atoms with Gasteiger partial charge >= 0.3 is 5.97 Å². The minimum Gasteiger partial charge on any atom is -0.512 e. The number of hydrogen-bond acceptors (Lipinski definition) is 4. The normalized spacial score (nSPS) is 50.6. The Bertz CT molecular complexity index is 601. The summed E-state index contributed by atoms with van der Waals surface area (Å²) in [5.41, 5.74) is -2.01. The molecule has 1 aliphatic heterocycles. The highest BCUT2D eigenvalue weighted by Crippen LogP contribution is 2.66. The number of carboxylic acids is 1. The van der Waals surface area contributed by atoms with E-state index in [1.807, 2.05) is 13.8 Å². The molecule has 3 fully saturated rings. The van der Waals surface area contributed by atoms with Crippen molar-refractivity contribution in [2.75, 3.05) is 0 Å². The van der Waals surface area contributed by atoms with E-state index in [0.29, 0.717) is 6.42 Å². The highest BCUT2D eigenvalue weighted by Gasteiger charge is 2.64. The molecule has 6 atom stereocenters. The van der Waals surface area contributed by atoms with Crippen LogP contribution in [-0.2, 0) is 9.53 Å². The molecule has 0 radical (unpaired) electrons. The lowest BCUT2D eigenvalue weighted by atomic mass is 9.44. The Kier molecular flexibility index (Phi) is 4.18. The van der Waals surface area contributed by atoms with E-state index in [2.05, 4.69) is 13.8 Å². The number of aliphatic carboxylic acids is 1. The molecule has 0 aromatic carbocycles. The fraction of sp³-hybridized carbons (Fsp3) is 0.850. The van der Waals surface area contributed by atoms with Crippen molar-refractivity contribution in [2.24, 2.45) is 22.7 Å². The van der Waals surface area contributed by atoms with Crippen LogP contribution in [0, 0.1) is 22.7 Å². The maximum absolute atomic E-state index is 12.0. The molecular weight excluding hydrogens is 320 g/mol. The zero-order valence-corrected chi connectivity index (χ0v) is 15.8. The molecule has 25 heavy (non-hydrogen) atoms. The number of rotatable bonds is 2. The summed E-state index contributed by atoms with van der Waals surface area (Å²) in [5, 5.41) is 29.2. The average Bonchev–Trinajstić information content (AvgIpc) is 2.52. The van der Waals surface area contributed by atoms with Crippen molar-refractivity contribution in [3.63, 3.8) is 0 Å². The SMILES string of the molecule is C[C@]12CCC[C@@](C)(C(=O)O)[C@@H]1CC[C@@]1(C)O[C@](C)(/C(O)=C/O)CC[C@H]21. The number of hydrogen-bond donors (Lipinski definition) is 3. The van der Waals surface area contributed by atoms with Gasteiger partial charge in [0.05, 0.1) is 11.0 Å². The fourth-order valence-electron chi connectivity index (χ4n) is 6.60. The Morgan fingerprint density at radius 3 is 2.24 bits per heavy atom. The molecule has 142 valence electrons. The lowest BCUT2D eigenvalue weighted by molar-refractivity contribution is -0.263. The Morgan fingerprint density at radius 1 is 1.00 bits per heavy atom. The second-order valence-corrected chi connectivity index (χ2v) is 9.42. The monoisotopic (exact) mass is 352 g/mol. The first kappa shape index (κ1) is 18.6. The summed E-state index contributed by atoms with van der Waals surface area (Å²) in [5.74, 6) is -0.385. The molecule has 1 heterocycles. The highest BCUT2D eigenvalue weighted by molar-refractivity contribution is 5.75. The van der Waals surface area contributed by atoms with E-state index < -0.39 is 22.6 Å². The van der Waals surface area contributed by atoms with Gasteiger partial charge in [-0.2, -0.15) is 0 Å². The first-order chi connectivity index (χ1) is 11.5. The van der Waals surface area contributed by atoms with Gasteiger partial charge in [-0.05, 0) is 76.5 Å². The van der Waals surface area contributed by atoms with E-state index in [1.54, 1.807) is 0 Å². The molecule has 3 N–H and O–H groups in total. The lowest BCUT2D eigenvalue weighted by Gasteiger charge is -2.64. The van der Waals surface area contributed by atoms with Crippen LogP contribution in [0.15, 0.2) is 12.0 Å². The largest absolute Gasteiger partial charge is 0.512 e. The zero-order valence-electron chi connectivity index (χ0n) is 15.8. The predicted octanol–water partition coefficient (Wildman–Crippen LogP) is 4.58. The molecule has 3 aliphatic rings. The summed E-state index contributed by atoms with van der Waals surface area (Å²) in [6, 6.07) is 0. The third-order valence-corrected chi connectivity index (χ3v) is 7.96. The molecule has 2 saturated carbocycles. The Hall–Kier alpha value is -1.23. The molecular formula is C20H32O5. The lowest BCUT2D eigenvalue weighted by Crippen LogP contribution is -2.64. The maximum atomic E-state index is 12.0. The smallest absolute Gasteiger partial charge is 0.309 e. The summed E-state index contributed by atoms with van der Waals surface area (Å²) in [6.45, 7) is 8.11. The number of aliphatic hydroxyl groups excluding tert-OH is 2. The molecule has 0 amide bonds. The van der Waals surface area contributed by atoms with Crippen LogP contribution in [0.3, 0.4) is 0 Å². The molecule has 2 aliphatic carbocycles. The third kappa shape index (κ3) is 2.49. The van der Waals surface area contributed by atoms with Gasteiger partial charge in [0, 0.05) is 0 Å². The van der Waals surface area contributed by atoms with Crippen LogP contribution in [0.25, 0.3) is 0 Å². The molecule has 0 spiro atoms. The van der Waals surface area contributed by atoms with Crippen molar-refractivity contribution in [1.29, 1.82) is 0 Å². The second kappa shape index (κ2) is 5.63. The van der Waals surface area contributed by atoms with E-state index in [4.69, 9.17) is 4.74 Å². The Morgan fingerprint density at radius 2 is 1.64 bits per heavy atom. The standard InChI is InChI=1S/C20H32O5/c1-17-8-5-9-18(2,16(23)24)13(17)6-10-19(3)14(17)7-11-20(4,25-19)15(22)12-21/h12-14,21-22H,5-11H2,1-4H3,(H,23,24)/b15-12-/t13-,14-,17+,18-,19-,20+/m1/s1. The van der Waals surface area contributed by atoms with E-state index in [1.165, 1.54) is 0 Å². The van der Waals surface area contributed by atoms with Gasteiger partial charge in [-0.25, -0.2) is 0 Å². The van der Waals surface area contributed by atoms with Crippen molar-refractivity contribution in [3.8, 4) is 0 Å². The van der Waals surface area contributed by atoms with Crippen molar-refractivity contribution in [3.05, 3.63) is 12.0 Å². The zero-order chi connectivity index (χ0) is 18.7. The second-order valence-electron chi connectivity index (χ2n) is 9.42. The minimum absolute atomic E-state index is 0.0712. The number of fused-ring (bicyclic) bond motifs is 3. The van der Waals surface area contributed by atoms with Crippen LogP contribution in [0.5, 0.6) is 0 Å². The summed E-state index contributed by atoms with van der Waals surface area (Å²) in [4.78, 5) is 12.0. The fourth-order valence-corrected chi connectivity index (χ4v) is 6.60. The maximum Gasteiger partial charge on any atom is 0.309 e. The molecule has 1 saturated heterocycles. The van der Waals surface area contributed by atoms with Gasteiger partial charge in [0.1, 0.15) is 11.9 Å². The molecule has 0 unspecified atom stereocenters. The van der Waals surface area contributed by atoms with Crippen LogP contribution in [0.1, 0.15) is 72.6 Å². The van der Waals surface area contributed by atoms with Crippen molar-refractivity contribution >= 4 is 5.97 Å². The van der Waals surface area contributed by atoms with Gasteiger partial charge < -0.3 is 20.1 Å². The number of aliphatic hydroxyl groups is 2. The Balaban J connectivity index is 1.96. The number of ether oxygens (including phenoxy) is 1. The first-order valence-corrected chi connectivity index (χ1v) is 9.49. The quantitative estimate of drug-likeness (QED) is 0.633. The average molecular weight is 352 g/mol. The van der Waals surface area contributed by atoms with Crippen LogP contribution in [-0.4, -0.2) is 32.5 Å². The van der Waals surface area contributed by atoms with Gasteiger partial charge in [0.2, 0.25) is 0 Å². The van der Waals surface area contributed by atoms with Gasteiger partial charge in [0.15, 0.2) is 5.76 Å². The minimum atomic E-state index is -0.867. The molecule has 0 aromatic heterocycles. The van der Waals surface area contributed by atoms with Gasteiger partial charge in [-0.3, -0.25) is 4.79 Å². The van der Waals surface area contributed by atoms with Crippen LogP contribution >= 0.6 is 0 Å². The van der Waals surface area contributed by atoms with Crippen LogP contribution in [0.2, 0.25) is 0 Å². The van der Waals surface area contributed by atoms with E-state index >= 15 is 0 Å². The van der Waals surface area contributed by atoms with E-state index in [-0.39, 0.29) is 23.0 Å². The van der Waals surface area contributed by atoms with Crippen molar-refractivity contribution < 1.29 is 24.9 Å². The van der Waals surface area contributed by atoms with Gasteiger partial charge in [-0.15, -0.1) is 0 Å². The topological polar surface area (TPSA) is 87.0 Å². The third-order valence-electron chi connectivity index (χ3n) is 7.96. The Labute approximate surface area is 150 Å². The van der Waals surface area contributed by atoms with E-state index in [9.17, 15) is 20.1 Å². The summed E-state index contributed by atoms with van der Waals surface area (Å²) < 4.78 is 6.44. The molecule has 0 bridgehead atoms. The van der Waals surface area contributed by atoms with Crippen molar-refractivity contribution in [2.45, 2.75) is 83.8 Å². The number of carbonyl (C=O) groups is 1. The molecule has 0 aromatic rings. The summed E-state index contributed by atoms with van der Waals surface area (Å²) >= 11 is 0. The highest BCUT2D eigenvalue weighted by atomic mass is 16.5. The first-order valence-electron chi connectivity index (χ1n) is 9.49. The molecule has 5 heteroatoms. The van der Waals surface area contributed by atoms with Gasteiger partial charge in [-0.1, -0.05) is 13.3 Å². The van der Waals surface area contributed by atoms with Crippen molar-refractivity contribution in [1.82, 2.24) is 0 Å². The molecule has 3 rings (SSSR count). The predicted molar refractivity (Wildman–Crippen MR) is 94.4 cm³/mol. The molecule has 5 nitrogen and oxygen atoms in total. The summed E-state index contributed by atoms with van der Waals surface area (Å²) in [6.07, 6.45) is 6.55. The van der Waals surface area contributed by atoms with Gasteiger partial charge in [0.25, 0.3) is 0 Å².